The highest BCUT2D eigenvalue weighted by Gasteiger charge is 2.19. The van der Waals surface area contributed by atoms with Crippen molar-refractivity contribution < 1.29 is 14.3 Å². The number of carbonyl (C=O) groups excluding carboxylic acids is 2. The Morgan fingerprint density at radius 1 is 1.48 bits per heavy atom. The third-order valence-corrected chi connectivity index (χ3v) is 3.52. The van der Waals surface area contributed by atoms with Crippen molar-refractivity contribution >= 4 is 23.2 Å². The number of hydrogen-bond acceptors (Lipinski definition) is 6. The predicted octanol–water partition coefficient (Wildman–Crippen LogP) is 1.33. The van der Waals surface area contributed by atoms with Gasteiger partial charge >= 0.3 is 5.97 Å². The third-order valence-electron chi connectivity index (χ3n) is 2.70. The molecule has 0 fully saturated rings. The summed E-state index contributed by atoms with van der Waals surface area (Å²) < 4.78 is 6.53. The number of aryl methyl sites for hydroxylation is 1. The minimum absolute atomic E-state index is 0.190. The van der Waals surface area contributed by atoms with Gasteiger partial charge in [0, 0.05) is 37.8 Å². The molecular formula is C13H16N4O3S. The van der Waals surface area contributed by atoms with Gasteiger partial charge in [0.25, 0.3) is 5.91 Å². The molecule has 0 aliphatic rings. The van der Waals surface area contributed by atoms with E-state index in [1.807, 2.05) is 13.2 Å². The number of ether oxygens (including phenoxy) is 1. The summed E-state index contributed by atoms with van der Waals surface area (Å²) in [6.07, 6.45) is 3.55. The van der Waals surface area contributed by atoms with Crippen LogP contribution in [-0.2, 0) is 18.3 Å². The van der Waals surface area contributed by atoms with Crippen LogP contribution in [0.4, 0.5) is 0 Å². The Kier molecular flexibility index (Phi) is 4.69. The van der Waals surface area contributed by atoms with E-state index in [0.29, 0.717) is 6.54 Å². The average molecular weight is 308 g/mol. The summed E-state index contributed by atoms with van der Waals surface area (Å²) in [4.78, 5) is 29.3. The topological polar surface area (TPSA) is 77.3 Å². The SMILES string of the molecule is CCOC(=O)c1nc(C(=O)N(C)Cc2cnn(C)c2)cs1. The van der Waals surface area contributed by atoms with Crippen LogP contribution in [0.3, 0.4) is 0 Å². The molecule has 2 heterocycles. The molecule has 21 heavy (non-hydrogen) atoms. The molecule has 0 saturated carbocycles. The maximum absolute atomic E-state index is 12.2. The van der Waals surface area contributed by atoms with Gasteiger partial charge in [-0.1, -0.05) is 0 Å². The minimum atomic E-state index is -0.503. The summed E-state index contributed by atoms with van der Waals surface area (Å²) in [7, 11) is 3.50. The fourth-order valence-electron chi connectivity index (χ4n) is 1.75. The molecular weight excluding hydrogens is 292 g/mol. The lowest BCUT2D eigenvalue weighted by molar-refractivity contribution is 0.0526. The zero-order valence-corrected chi connectivity index (χ0v) is 12.9. The zero-order valence-electron chi connectivity index (χ0n) is 12.1. The van der Waals surface area contributed by atoms with Gasteiger partial charge in [0.2, 0.25) is 5.01 Å². The molecule has 0 aliphatic heterocycles. The van der Waals surface area contributed by atoms with Gasteiger partial charge in [-0.05, 0) is 6.92 Å². The Morgan fingerprint density at radius 2 is 2.24 bits per heavy atom. The highest BCUT2D eigenvalue weighted by atomic mass is 32.1. The van der Waals surface area contributed by atoms with Crippen LogP contribution in [0.1, 0.15) is 32.8 Å². The standard InChI is InChI=1S/C13H16N4O3S/c1-4-20-13(19)11-15-10(8-21-11)12(18)16(2)6-9-5-14-17(3)7-9/h5,7-8H,4,6H2,1-3H3. The largest absolute Gasteiger partial charge is 0.461 e. The second-order valence-electron chi connectivity index (χ2n) is 4.44. The molecule has 0 unspecified atom stereocenters. The van der Waals surface area contributed by atoms with E-state index < -0.39 is 5.97 Å². The van der Waals surface area contributed by atoms with Crippen molar-refractivity contribution in [3.8, 4) is 0 Å². The fraction of sp³-hybridized carbons (Fsp3) is 0.385. The van der Waals surface area contributed by atoms with E-state index in [1.165, 1.54) is 4.90 Å². The lowest BCUT2D eigenvalue weighted by Gasteiger charge is -2.14. The molecule has 2 aromatic heterocycles. The number of hydrogen-bond donors (Lipinski definition) is 0. The van der Waals surface area contributed by atoms with E-state index >= 15 is 0 Å². The highest BCUT2D eigenvalue weighted by molar-refractivity contribution is 7.11. The Balaban J connectivity index is 2.04. The maximum atomic E-state index is 12.2. The van der Waals surface area contributed by atoms with Crippen LogP contribution in [0.25, 0.3) is 0 Å². The fourth-order valence-corrected chi connectivity index (χ4v) is 2.44. The van der Waals surface area contributed by atoms with E-state index in [4.69, 9.17) is 4.74 Å². The smallest absolute Gasteiger partial charge is 0.367 e. The number of esters is 1. The molecule has 0 spiro atoms. The lowest BCUT2D eigenvalue weighted by Crippen LogP contribution is -2.26. The number of carbonyl (C=O) groups is 2. The molecule has 112 valence electrons. The van der Waals surface area contributed by atoms with Gasteiger partial charge in [0.05, 0.1) is 12.8 Å². The second-order valence-corrected chi connectivity index (χ2v) is 5.30. The van der Waals surface area contributed by atoms with Gasteiger partial charge in [-0.15, -0.1) is 11.3 Å². The molecule has 2 aromatic rings. The Morgan fingerprint density at radius 3 is 2.86 bits per heavy atom. The van der Waals surface area contributed by atoms with Crippen LogP contribution in [0.15, 0.2) is 17.8 Å². The van der Waals surface area contributed by atoms with Crippen molar-refractivity contribution in [3.63, 3.8) is 0 Å². The first-order chi connectivity index (χ1) is 10.0. The molecule has 1 amide bonds. The first-order valence-corrected chi connectivity index (χ1v) is 7.25. The lowest BCUT2D eigenvalue weighted by atomic mass is 10.3. The first kappa shape index (κ1) is 15.2. The van der Waals surface area contributed by atoms with Gasteiger partial charge in [-0.3, -0.25) is 9.48 Å². The van der Waals surface area contributed by atoms with Gasteiger partial charge in [0.1, 0.15) is 5.69 Å². The Labute approximate surface area is 126 Å². The number of thiazole rings is 1. The third kappa shape index (κ3) is 3.66. The summed E-state index contributed by atoms with van der Waals surface area (Å²) in [6.45, 7) is 2.43. The van der Waals surface area contributed by atoms with Gasteiger partial charge in [-0.2, -0.15) is 5.10 Å². The normalized spacial score (nSPS) is 10.4. The molecule has 7 nitrogen and oxygen atoms in total. The van der Waals surface area contributed by atoms with Crippen LogP contribution < -0.4 is 0 Å². The summed E-state index contributed by atoms with van der Waals surface area (Å²) in [5, 5.41) is 5.81. The average Bonchev–Trinajstić information content (AvgIpc) is 3.07. The van der Waals surface area contributed by atoms with Crippen molar-refractivity contribution in [1.29, 1.82) is 0 Å². The molecule has 0 saturated heterocycles. The van der Waals surface area contributed by atoms with Gasteiger partial charge in [-0.25, -0.2) is 9.78 Å². The van der Waals surface area contributed by atoms with Crippen molar-refractivity contribution in [2.75, 3.05) is 13.7 Å². The summed E-state index contributed by atoms with van der Waals surface area (Å²) in [6, 6.07) is 0. The summed E-state index contributed by atoms with van der Waals surface area (Å²) >= 11 is 1.10. The molecule has 0 aromatic carbocycles. The first-order valence-electron chi connectivity index (χ1n) is 6.37. The van der Waals surface area contributed by atoms with E-state index in [9.17, 15) is 9.59 Å². The zero-order chi connectivity index (χ0) is 15.4. The number of aromatic nitrogens is 3. The molecule has 0 bridgehead atoms. The van der Waals surface area contributed by atoms with Gasteiger partial charge < -0.3 is 9.64 Å². The minimum Gasteiger partial charge on any atom is -0.461 e. The van der Waals surface area contributed by atoms with Crippen molar-refractivity contribution in [1.82, 2.24) is 19.7 Å². The number of amides is 1. The van der Waals surface area contributed by atoms with Crippen LogP contribution in [0.5, 0.6) is 0 Å². The van der Waals surface area contributed by atoms with Crippen LogP contribution >= 0.6 is 11.3 Å². The molecule has 8 heteroatoms. The predicted molar refractivity (Wildman–Crippen MR) is 77.1 cm³/mol. The highest BCUT2D eigenvalue weighted by Crippen LogP contribution is 2.14. The summed E-state index contributed by atoms with van der Waals surface area (Å²) in [5.41, 5.74) is 1.17. The van der Waals surface area contributed by atoms with E-state index in [1.54, 1.807) is 30.2 Å². The van der Waals surface area contributed by atoms with Crippen molar-refractivity contribution in [2.24, 2.45) is 7.05 Å². The van der Waals surface area contributed by atoms with Crippen LogP contribution in [-0.4, -0.2) is 45.2 Å². The van der Waals surface area contributed by atoms with E-state index in [2.05, 4.69) is 10.1 Å². The molecule has 0 aliphatic carbocycles. The van der Waals surface area contributed by atoms with Crippen molar-refractivity contribution in [3.05, 3.63) is 34.0 Å². The molecule has 2 rings (SSSR count). The number of nitrogens with zero attached hydrogens (tertiary/aromatic N) is 4. The van der Waals surface area contributed by atoms with Crippen LogP contribution in [0.2, 0.25) is 0 Å². The van der Waals surface area contributed by atoms with E-state index in [0.717, 1.165) is 16.9 Å². The quantitative estimate of drug-likeness (QED) is 0.779. The second kappa shape index (κ2) is 6.49. The van der Waals surface area contributed by atoms with Crippen molar-refractivity contribution in [2.45, 2.75) is 13.5 Å². The Hall–Kier alpha value is -2.22. The summed E-state index contributed by atoms with van der Waals surface area (Å²) in [5.74, 6) is -0.748. The molecule has 0 atom stereocenters. The Bertz CT molecular complexity index is 649. The monoisotopic (exact) mass is 308 g/mol. The number of rotatable bonds is 5. The maximum Gasteiger partial charge on any atom is 0.367 e. The van der Waals surface area contributed by atoms with Gasteiger partial charge in [0.15, 0.2) is 0 Å². The van der Waals surface area contributed by atoms with Crippen LogP contribution in [0, 0.1) is 0 Å². The molecule has 0 N–H and O–H groups in total. The van der Waals surface area contributed by atoms with E-state index in [-0.39, 0.29) is 23.2 Å². The molecule has 0 radical (unpaired) electrons.